The van der Waals surface area contributed by atoms with Gasteiger partial charge in [-0.2, -0.15) is 13.2 Å². The highest BCUT2D eigenvalue weighted by molar-refractivity contribution is 9.10. The molecule has 0 radical (unpaired) electrons. The molecular weight excluding hydrogens is 295 g/mol. The molecule has 1 aromatic rings. The lowest BCUT2D eigenvalue weighted by Crippen LogP contribution is -2.50. The Morgan fingerprint density at radius 1 is 1.24 bits per heavy atom. The normalized spacial score (nSPS) is 26.4. The van der Waals surface area contributed by atoms with Crippen LogP contribution in [0.15, 0.2) is 28.7 Å². The summed E-state index contributed by atoms with van der Waals surface area (Å²) >= 11 is 3.24. The molecule has 0 amide bonds. The third kappa shape index (κ3) is 1.99. The van der Waals surface area contributed by atoms with Gasteiger partial charge in [-0.1, -0.05) is 28.1 Å². The molecule has 17 heavy (non-hydrogen) atoms. The molecule has 1 nitrogen and oxygen atoms in total. The molecule has 1 fully saturated rings. The van der Waals surface area contributed by atoms with Gasteiger partial charge in [0.1, 0.15) is 5.54 Å². The van der Waals surface area contributed by atoms with Crippen molar-refractivity contribution in [3.8, 4) is 0 Å². The predicted molar refractivity (Wildman–Crippen MR) is 63.7 cm³/mol. The minimum absolute atomic E-state index is 0.134. The quantitative estimate of drug-likeness (QED) is 0.760. The van der Waals surface area contributed by atoms with Crippen LogP contribution in [0.4, 0.5) is 13.2 Å². The van der Waals surface area contributed by atoms with Crippen molar-refractivity contribution < 1.29 is 13.2 Å². The van der Waals surface area contributed by atoms with E-state index in [1.807, 2.05) is 0 Å². The van der Waals surface area contributed by atoms with Crippen LogP contribution in [0.2, 0.25) is 0 Å². The number of likely N-dealkylation sites (tertiary alicyclic amines) is 1. The molecule has 0 saturated carbocycles. The lowest BCUT2D eigenvalue weighted by atomic mass is 9.86. The monoisotopic (exact) mass is 307 g/mol. The average molecular weight is 308 g/mol. The first-order chi connectivity index (χ1) is 7.88. The second-order valence-electron chi connectivity index (χ2n) is 4.39. The minimum atomic E-state index is -4.24. The van der Waals surface area contributed by atoms with Crippen molar-refractivity contribution in [1.29, 1.82) is 0 Å². The fourth-order valence-corrected chi connectivity index (χ4v) is 2.83. The summed E-state index contributed by atoms with van der Waals surface area (Å²) in [6, 6.07) is 6.43. The topological polar surface area (TPSA) is 3.24 Å². The van der Waals surface area contributed by atoms with Gasteiger partial charge in [-0.3, -0.25) is 4.90 Å². The van der Waals surface area contributed by atoms with E-state index < -0.39 is 11.7 Å². The van der Waals surface area contributed by atoms with Gasteiger partial charge < -0.3 is 0 Å². The maximum atomic E-state index is 13.4. The van der Waals surface area contributed by atoms with E-state index in [-0.39, 0.29) is 6.42 Å². The Hall–Kier alpha value is -0.550. The van der Waals surface area contributed by atoms with Crippen LogP contribution in [0, 0.1) is 0 Å². The molecule has 1 atom stereocenters. The van der Waals surface area contributed by atoms with Crippen molar-refractivity contribution in [2.75, 3.05) is 13.6 Å². The number of hydrogen-bond donors (Lipinski definition) is 0. The van der Waals surface area contributed by atoms with Gasteiger partial charge in [0.15, 0.2) is 0 Å². The molecule has 1 saturated heterocycles. The Labute approximate surface area is 107 Å². The Morgan fingerprint density at radius 2 is 1.82 bits per heavy atom. The van der Waals surface area contributed by atoms with E-state index in [4.69, 9.17) is 0 Å². The van der Waals surface area contributed by atoms with Gasteiger partial charge in [0.05, 0.1) is 0 Å². The molecule has 1 heterocycles. The third-order valence-corrected chi connectivity index (χ3v) is 4.00. The van der Waals surface area contributed by atoms with Gasteiger partial charge in [0, 0.05) is 4.47 Å². The molecule has 1 aromatic carbocycles. The standard InChI is InChI=1S/C12H13BrF3N/c1-17-8-2-7-11(17,12(14,15)16)9-3-5-10(13)6-4-9/h3-6H,2,7-8H2,1H3/t11-/m0/s1. The molecule has 5 heteroatoms. The molecule has 0 aliphatic carbocycles. The van der Waals surface area contributed by atoms with Crippen LogP contribution >= 0.6 is 15.9 Å². The highest BCUT2D eigenvalue weighted by atomic mass is 79.9. The third-order valence-electron chi connectivity index (χ3n) is 3.47. The fraction of sp³-hybridized carbons (Fsp3) is 0.500. The van der Waals surface area contributed by atoms with E-state index in [0.717, 1.165) is 4.47 Å². The van der Waals surface area contributed by atoms with Gasteiger partial charge in [-0.05, 0) is 44.1 Å². The number of rotatable bonds is 1. The van der Waals surface area contributed by atoms with E-state index in [1.54, 1.807) is 31.3 Å². The second kappa shape index (κ2) is 4.28. The van der Waals surface area contributed by atoms with Crippen LogP contribution in [-0.4, -0.2) is 24.7 Å². The van der Waals surface area contributed by atoms with Crippen LogP contribution in [0.5, 0.6) is 0 Å². The van der Waals surface area contributed by atoms with Gasteiger partial charge in [-0.15, -0.1) is 0 Å². The van der Waals surface area contributed by atoms with Crippen molar-refractivity contribution in [2.24, 2.45) is 0 Å². The van der Waals surface area contributed by atoms with Gasteiger partial charge in [0.2, 0.25) is 0 Å². The Bertz CT molecular complexity index is 401. The molecular formula is C12H13BrF3N. The molecule has 94 valence electrons. The zero-order chi connectivity index (χ0) is 12.7. The number of hydrogen-bond acceptors (Lipinski definition) is 1. The highest BCUT2D eigenvalue weighted by Crippen LogP contribution is 2.49. The summed E-state index contributed by atoms with van der Waals surface area (Å²) in [6.45, 7) is 0.482. The summed E-state index contributed by atoms with van der Waals surface area (Å²) < 4.78 is 41.0. The Balaban J connectivity index is 2.51. The van der Waals surface area contributed by atoms with Crippen molar-refractivity contribution in [3.63, 3.8) is 0 Å². The van der Waals surface area contributed by atoms with Crippen LogP contribution in [0.1, 0.15) is 18.4 Å². The second-order valence-corrected chi connectivity index (χ2v) is 5.31. The van der Waals surface area contributed by atoms with Gasteiger partial charge in [-0.25, -0.2) is 0 Å². The van der Waals surface area contributed by atoms with Crippen LogP contribution < -0.4 is 0 Å². The van der Waals surface area contributed by atoms with E-state index >= 15 is 0 Å². The molecule has 0 unspecified atom stereocenters. The van der Waals surface area contributed by atoms with E-state index in [1.165, 1.54) is 4.90 Å². The molecule has 1 aliphatic rings. The first kappa shape index (κ1) is 12.9. The Morgan fingerprint density at radius 3 is 2.24 bits per heavy atom. The van der Waals surface area contributed by atoms with E-state index in [0.29, 0.717) is 18.5 Å². The zero-order valence-electron chi connectivity index (χ0n) is 9.39. The summed E-state index contributed by atoms with van der Waals surface area (Å²) in [5.74, 6) is 0. The molecule has 1 aliphatic heterocycles. The zero-order valence-corrected chi connectivity index (χ0v) is 11.0. The maximum Gasteiger partial charge on any atom is 0.410 e. The largest absolute Gasteiger partial charge is 0.410 e. The fourth-order valence-electron chi connectivity index (χ4n) is 2.57. The SMILES string of the molecule is CN1CCC[C@]1(c1ccc(Br)cc1)C(F)(F)F. The summed E-state index contributed by atoms with van der Waals surface area (Å²) in [5.41, 5.74) is -1.48. The van der Waals surface area contributed by atoms with E-state index in [9.17, 15) is 13.2 Å². The van der Waals surface area contributed by atoms with Gasteiger partial charge >= 0.3 is 6.18 Å². The number of alkyl halides is 3. The van der Waals surface area contributed by atoms with Crippen molar-refractivity contribution in [2.45, 2.75) is 24.6 Å². The van der Waals surface area contributed by atoms with Crippen molar-refractivity contribution in [1.82, 2.24) is 4.90 Å². The maximum absolute atomic E-state index is 13.4. The van der Waals surface area contributed by atoms with E-state index in [2.05, 4.69) is 15.9 Å². The summed E-state index contributed by atoms with van der Waals surface area (Å²) in [7, 11) is 1.54. The first-order valence-electron chi connectivity index (χ1n) is 5.42. The molecule has 0 spiro atoms. The smallest absolute Gasteiger partial charge is 0.289 e. The summed E-state index contributed by atoms with van der Waals surface area (Å²) in [5, 5.41) is 0. The van der Waals surface area contributed by atoms with Crippen LogP contribution in [0.3, 0.4) is 0 Å². The van der Waals surface area contributed by atoms with Crippen LogP contribution in [-0.2, 0) is 5.54 Å². The van der Waals surface area contributed by atoms with Gasteiger partial charge in [0.25, 0.3) is 0 Å². The van der Waals surface area contributed by atoms with Crippen LogP contribution in [0.25, 0.3) is 0 Å². The summed E-state index contributed by atoms with van der Waals surface area (Å²) in [6.07, 6.45) is -3.53. The minimum Gasteiger partial charge on any atom is -0.289 e. The molecule has 2 rings (SSSR count). The Kier molecular flexibility index (Phi) is 3.25. The number of benzene rings is 1. The average Bonchev–Trinajstić information content (AvgIpc) is 2.61. The molecule has 0 bridgehead atoms. The molecule has 0 N–H and O–H groups in total. The highest BCUT2D eigenvalue weighted by Gasteiger charge is 2.60. The number of halogens is 4. The lowest BCUT2D eigenvalue weighted by Gasteiger charge is -2.38. The summed E-state index contributed by atoms with van der Waals surface area (Å²) in [4.78, 5) is 1.41. The predicted octanol–water partition coefficient (Wildman–Crippen LogP) is 3.93. The van der Waals surface area contributed by atoms with Crippen molar-refractivity contribution in [3.05, 3.63) is 34.3 Å². The lowest BCUT2D eigenvalue weighted by molar-refractivity contribution is -0.225. The first-order valence-corrected chi connectivity index (χ1v) is 6.21. The number of nitrogens with zero attached hydrogens (tertiary/aromatic N) is 1. The van der Waals surface area contributed by atoms with Crippen molar-refractivity contribution >= 4 is 15.9 Å². The molecule has 0 aromatic heterocycles.